The third-order valence-corrected chi connectivity index (χ3v) is 12.0. The van der Waals surface area contributed by atoms with Gasteiger partial charge >= 0.3 is 0 Å². The molecule has 1 aromatic heterocycles. The van der Waals surface area contributed by atoms with Crippen LogP contribution >= 0.6 is 0 Å². The summed E-state index contributed by atoms with van der Waals surface area (Å²) in [6.45, 7) is 12.9. The Morgan fingerprint density at radius 1 is 0.981 bits per heavy atom. The number of benzene rings is 1. The summed E-state index contributed by atoms with van der Waals surface area (Å²) >= 11 is 0. The van der Waals surface area contributed by atoms with E-state index in [1.165, 1.54) is 7.11 Å². The minimum Gasteiger partial charge on any atom is -0.387 e. The van der Waals surface area contributed by atoms with Gasteiger partial charge in [0.1, 0.15) is 18.2 Å². The van der Waals surface area contributed by atoms with E-state index in [1.807, 2.05) is 70.2 Å². The average molecular weight is 761 g/mol. The molecule has 15 atom stereocenters. The smallest absolute Gasteiger partial charge is 0.242 e. The molecule has 2 amide bonds. The van der Waals surface area contributed by atoms with E-state index < -0.39 is 78.1 Å². The number of carbonyl (C=O) groups is 2. The predicted molar refractivity (Wildman–Crippen MR) is 202 cm³/mol. The molecule has 14 heteroatoms. The van der Waals surface area contributed by atoms with Crippen LogP contribution in [0.4, 0.5) is 0 Å². The maximum absolute atomic E-state index is 14.4. The van der Waals surface area contributed by atoms with E-state index in [2.05, 4.69) is 15.6 Å². The van der Waals surface area contributed by atoms with Crippen molar-refractivity contribution in [3.63, 3.8) is 0 Å². The summed E-state index contributed by atoms with van der Waals surface area (Å²) < 4.78 is 31.6. The summed E-state index contributed by atoms with van der Waals surface area (Å²) in [5.41, 5.74) is -0.743. The molecular formula is C40H64N4O10. The molecular weight excluding hydrogens is 696 g/mol. The molecule has 2 aromatic rings. The molecule has 3 aliphatic heterocycles. The molecule has 4 heterocycles. The second-order valence-electron chi connectivity index (χ2n) is 16.9. The van der Waals surface area contributed by atoms with Crippen molar-refractivity contribution in [2.24, 2.45) is 17.8 Å². The number of likely N-dealkylation sites (N-methyl/N-ethyl adjacent to an activating group) is 1. The van der Waals surface area contributed by atoms with Crippen LogP contribution in [-0.2, 0) is 39.7 Å². The van der Waals surface area contributed by atoms with Crippen molar-refractivity contribution in [3.8, 4) is 0 Å². The standard InChI is InChI=1S/C40H64N4O10/c1-21-17-39(6,49)35(54-38-32(45)30(44(8)9)15-22(2)51-38)23(3)33(53-31-18-40(7,50-10)34(46)25(5)52-31)24(4)36(47)43-29(37(48)42-19-21)16-26-20-41-28-14-12-11-13-27(26)28/h11-14,20-25,29-35,38,41,45-46,49H,15-19H2,1-10H3,(H,42,48)(H,43,47)/t21-,22-,23+,24-,25+,29?,30+,31+,32-,33+,34+,35-,38+,39-,40-/m1/s1. The van der Waals surface area contributed by atoms with Crippen LogP contribution in [-0.4, -0.2) is 137 Å². The fourth-order valence-corrected chi connectivity index (χ4v) is 8.75. The summed E-state index contributed by atoms with van der Waals surface area (Å²) in [6.07, 6.45) is -3.78. The highest BCUT2D eigenvalue weighted by molar-refractivity contribution is 5.90. The van der Waals surface area contributed by atoms with Crippen LogP contribution in [0.3, 0.4) is 0 Å². The van der Waals surface area contributed by atoms with E-state index in [-0.39, 0.29) is 49.8 Å². The van der Waals surface area contributed by atoms with Gasteiger partial charge in [-0.3, -0.25) is 9.59 Å². The molecule has 6 N–H and O–H groups in total. The minimum atomic E-state index is -1.55. The maximum atomic E-state index is 14.4. The third-order valence-electron chi connectivity index (χ3n) is 12.0. The van der Waals surface area contributed by atoms with Gasteiger partial charge in [0.25, 0.3) is 0 Å². The van der Waals surface area contributed by atoms with Gasteiger partial charge in [-0.25, -0.2) is 0 Å². The number of nitrogens with one attached hydrogen (secondary N) is 3. The minimum absolute atomic E-state index is 0.156. The monoisotopic (exact) mass is 760 g/mol. The summed E-state index contributed by atoms with van der Waals surface area (Å²) in [4.78, 5) is 33.5. The highest BCUT2D eigenvalue weighted by atomic mass is 16.7. The van der Waals surface area contributed by atoms with Gasteiger partial charge in [0.05, 0.1) is 41.5 Å². The fraction of sp³-hybridized carbons (Fsp3) is 0.750. The van der Waals surface area contributed by atoms with Gasteiger partial charge in [0, 0.05) is 55.6 Å². The van der Waals surface area contributed by atoms with Crippen LogP contribution in [0.1, 0.15) is 73.3 Å². The number of aliphatic hydroxyl groups is 3. The number of ether oxygens (including phenoxy) is 5. The Kier molecular flexibility index (Phi) is 13.6. The highest BCUT2D eigenvalue weighted by Gasteiger charge is 2.51. The summed E-state index contributed by atoms with van der Waals surface area (Å²) in [7, 11) is 5.31. The average Bonchev–Trinajstić information content (AvgIpc) is 3.52. The van der Waals surface area contributed by atoms with Crippen molar-refractivity contribution in [2.75, 3.05) is 27.7 Å². The fourth-order valence-electron chi connectivity index (χ4n) is 8.75. The molecule has 1 aromatic carbocycles. The first-order chi connectivity index (χ1) is 25.3. The third kappa shape index (κ3) is 9.30. The lowest BCUT2D eigenvalue weighted by Gasteiger charge is -2.48. The predicted octanol–water partition coefficient (Wildman–Crippen LogP) is 2.47. The number of H-pyrrole nitrogens is 1. The van der Waals surface area contributed by atoms with E-state index >= 15 is 0 Å². The molecule has 3 fully saturated rings. The molecule has 304 valence electrons. The molecule has 14 nitrogen and oxygen atoms in total. The Morgan fingerprint density at radius 3 is 2.37 bits per heavy atom. The van der Waals surface area contributed by atoms with Crippen LogP contribution in [0, 0.1) is 17.8 Å². The number of aromatic amines is 1. The second-order valence-corrected chi connectivity index (χ2v) is 16.9. The number of hydrogen-bond donors (Lipinski definition) is 6. The number of methoxy groups -OCH3 is 1. The van der Waals surface area contributed by atoms with Crippen molar-refractivity contribution in [1.29, 1.82) is 0 Å². The Labute approximate surface area is 319 Å². The normalized spacial score (nSPS) is 41.8. The molecule has 3 aliphatic rings. The van der Waals surface area contributed by atoms with Crippen LogP contribution in [0.2, 0.25) is 0 Å². The Bertz CT molecular complexity index is 1570. The zero-order chi connectivity index (χ0) is 39.7. The summed E-state index contributed by atoms with van der Waals surface area (Å²) in [5, 5.41) is 41.9. The Hall–Kier alpha value is -2.66. The number of aliphatic hydroxyl groups excluding tert-OH is 2. The number of aromatic nitrogens is 1. The topological polar surface area (TPSA) is 184 Å². The number of fused-ring (bicyclic) bond motifs is 1. The van der Waals surface area contributed by atoms with Gasteiger partial charge in [-0.2, -0.15) is 0 Å². The van der Waals surface area contributed by atoms with Crippen LogP contribution in [0.15, 0.2) is 30.5 Å². The van der Waals surface area contributed by atoms with Crippen molar-refractivity contribution >= 4 is 22.7 Å². The van der Waals surface area contributed by atoms with Crippen molar-refractivity contribution < 1.29 is 48.6 Å². The largest absolute Gasteiger partial charge is 0.387 e. The number of carbonyl (C=O) groups excluding carboxylic acids is 2. The molecule has 0 saturated carbocycles. The first-order valence-corrected chi connectivity index (χ1v) is 19.4. The van der Waals surface area contributed by atoms with E-state index in [0.29, 0.717) is 6.42 Å². The molecule has 3 saturated heterocycles. The Morgan fingerprint density at radius 2 is 1.69 bits per heavy atom. The van der Waals surface area contributed by atoms with Gasteiger partial charge in [0.15, 0.2) is 12.6 Å². The van der Waals surface area contributed by atoms with E-state index in [0.717, 1.165) is 16.5 Å². The molecule has 0 spiro atoms. The SMILES string of the molecule is CO[C@]1(C)C[C@H](O[C@H]2[C@H](C)[C@@H](O[C@@H]3O[C@H](C)C[C@H](N(C)C)[C@H]3O)[C@](C)(O)C[C@@H](C)CNC(=O)C(Cc3c[nH]c4ccccc34)NC(=O)[C@@H]2C)O[C@@H](C)[C@@H]1O. The highest BCUT2D eigenvalue weighted by Crippen LogP contribution is 2.39. The lowest BCUT2D eigenvalue weighted by atomic mass is 9.77. The van der Waals surface area contributed by atoms with Gasteiger partial charge < -0.3 is 59.5 Å². The summed E-state index contributed by atoms with van der Waals surface area (Å²) in [5.74, 6) is -2.60. The van der Waals surface area contributed by atoms with Gasteiger partial charge in [-0.15, -0.1) is 0 Å². The van der Waals surface area contributed by atoms with E-state index in [1.54, 1.807) is 27.7 Å². The molecule has 5 rings (SSSR count). The van der Waals surface area contributed by atoms with E-state index in [9.17, 15) is 24.9 Å². The molecule has 54 heavy (non-hydrogen) atoms. The van der Waals surface area contributed by atoms with E-state index in [4.69, 9.17) is 23.7 Å². The molecule has 0 aliphatic carbocycles. The maximum Gasteiger partial charge on any atom is 0.242 e. The van der Waals surface area contributed by atoms with Crippen molar-refractivity contribution in [3.05, 3.63) is 36.0 Å². The van der Waals surface area contributed by atoms with Crippen molar-refractivity contribution in [2.45, 2.75) is 147 Å². The summed E-state index contributed by atoms with van der Waals surface area (Å²) in [6, 6.07) is 6.62. The number of rotatable bonds is 8. The lowest BCUT2D eigenvalue weighted by molar-refractivity contribution is -0.317. The first kappa shape index (κ1) is 42.5. The van der Waals surface area contributed by atoms with Crippen LogP contribution < -0.4 is 10.6 Å². The van der Waals surface area contributed by atoms with Gasteiger partial charge in [0.2, 0.25) is 11.8 Å². The quantitative estimate of drug-likeness (QED) is 0.233. The lowest BCUT2D eigenvalue weighted by Crippen LogP contribution is -2.60. The van der Waals surface area contributed by atoms with Crippen LogP contribution in [0.5, 0.6) is 0 Å². The van der Waals surface area contributed by atoms with Crippen LogP contribution in [0.25, 0.3) is 10.9 Å². The number of para-hydroxylation sites is 1. The van der Waals surface area contributed by atoms with Crippen molar-refractivity contribution in [1.82, 2.24) is 20.5 Å². The molecule has 1 unspecified atom stereocenters. The van der Waals surface area contributed by atoms with Gasteiger partial charge in [-0.1, -0.05) is 39.0 Å². The molecule has 0 radical (unpaired) electrons. The molecule has 0 bridgehead atoms. The first-order valence-electron chi connectivity index (χ1n) is 19.4. The number of hydrogen-bond acceptors (Lipinski definition) is 11. The Balaban J connectivity index is 1.53. The van der Waals surface area contributed by atoms with Gasteiger partial charge in [-0.05, 0) is 72.2 Å². The zero-order valence-electron chi connectivity index (χ0n) is 33.6. The zero-order valence-corrected chi connectivity index (χ0v) is 33.6. The second kappa shape index (κ2) is 17.2. The number of amides is 2. The number of nitrogens with zero attached hydrogens (tertiary/aromatic N) is 1.